The van der Waals surface area contributed by atoms with Crippen LogP contribution in [0, 0.1) is 0 Å². The lowest BCUT2D eigenvalue weighted by Gasteiger charge is -2.07. The van der Waals surface area contributed by atoms with Gasteiger partial charge in [-0.05, 0) is 17.5 Å². The zero-order valence-electron chi connectivity index (χ0n) is 7.90. The summed E-state index contributed by atoms with van der Waals surface area (Å²) in [6.07, 6.45) is 0. The van der Waals surface area contributed by atoms with Crippen molar-refractivity contribution in [1.29, 1.82) is 0 Å². The van der Waals surface area contributed by atoms with Gasteiger partial charge in [0.2, 0.25) is 0 Å². The van der Waals surface area contributed by atoms with Gasteiger partial charge in [0.25, 0.3) is 0 Å². The molecule has 0 aliphatic heterocycles. The van der Waals surface area contributed by atoms with Gasteiger partial charge in [-0.3, -0.25) is 0 Å². The van der Waals surface area contributed by atoms with Gasteiger partial charge in [-0.2, -0.15) is 0 Å². The number of urea groups is 1. The normalized spacial score (nSPS) is 10.1. The quantitative estimate of drug-likeness (QED) is 0.661. The number of anilines is 1. The Hall–Kier alpha value is -2.23. The molecule has 0 unspecified atom stereocenters. The van der Waals surface area contributed by atoms with Gasteiger partial charge in [0.15, 0.2) is 0 Å². The lowest BCUT2D eigenvalue weighted by molar-refractivity contribution is 0.259. The molecule has 0 aromatic heterocycles. The van der Waals surface area contributed by atoms with Crippen LogP contribution in [0.2, 0.25) is 0 Å². The van der Waals surface area contributed by atoms with Crippen LogP contribution in [0.4, 0.5) is 10.5 Å². The number of phenols is 1. The van der Waals surface area contributed by atoms with Crippen molar-refractivity contribution < 1.29 is 9.90 Å². The lowest BCUT2D eigenvalue weighted by Crippen LogP contribution is -2.19. The first-order chi connectivity index (χ1) is 7.18. The Bertz CT molecular complexity index is 518. The van der Waals surface area contributed by atoms with E-state index in [1.165, 1.54) is 0 Å². The van der Waals surface area contributed by atoms with Crippen LogP contribution in [-0.2, 0) is 0 Å². The number of carbonyl (C=O) groups is 1. The third-order valence-electron chi connectivity index (χ3n) is 2.14. The summed E-state index contributed by atoms with van der Waals surface area (Å²) >= 11 is 0. The molecule has 0 saturated heterocycles. The van der Waals surface area contributed by atoms with Crippen molar-refractivity contribution in [3.05, 3.63) is 36.4 Å². The molecule has 2 aromatic rings. The second-order valence-corrected chi connectivity index (χ2v) is 3.17. The minimum absolute atomic E-state index is 0.122. The van der Waals surface area contributed by atoms with Crippen molar-refractivity contribution in [3.8, 4) is 5.75 Å². The molecule has 0 bridgehead atoms. The average Bonchev–Trinajstić information content (AvgIpc) is 2.17. The van der Waals surface area contributed by atoms with Crippen LogP contribution in [0.25, 0.3) is 10.8 Å². The van der Waals surface area contributed by atoms with Crippen molar-refractivity contribution >= 4 is 22.5 Å². The number of hydrogen-bond acceptors (Lipinski definition) is 2. The van der Waals surface area contributed by atoms with E-state index in [9.17, 15) is 9.90 Å². The topological polar surface area (TPSA) is 75.4 Å². The number of primary amides is 1. The predicted molar refractivity (Wildman–Crippen MR) is 58.8 cm³/mol. The van der Waals surface area contributed by atoms with Crippen molar-refractivity contribution in [3.63, 3.8) is 0 Å². The summed E-state index contributed by atoms with van der Waals surface area (Å²) in [6, 6.07) is 9.83. The molecule has 0 radical (unpaired) electrons. The highest BCUT2D eigenvalue weighted by molar-refractivity contribution is 6.04. The molecule has 0 heterocycles. The Morgan fingerprint density at radius 1 is 1.20 bits per heavy atom. The highest BCUT2D eigenvalue weighted by Gasteiger charge is 2.05. The van der Waals surface area contributed by atoms with E-state index in [4.69, 9.17) is 5.73 Å². The maximum atomic E-state index is 10.8. The molecule has 4 N–H and O–H groups in total. The molecule has 2 amide bonds. The smallest absolute Gasteiger partial charge is 0.316 e. The maximum absolute atomic E-state index is 10.8. The first kappa shape index (κ1) is 9.33. The molecule has 0 aliphatic rings. The van der Waals surface area contributed by atoms with Crippen LogP contribution < -0.4 is 11.1 Å². The highest BCUT2D eigenvalue weighted by atomic mass is 16.3. The van der Waals surface area contributed by atoms with Gasteiger partial charge in [0.05, 0.1) is 5.69 Å². The van der Waals surface area contributed by atoms with Crippen LogP contribution in [0.1, 0.15) is 0 Å². The van der Waals surface area contributed by atoms with Crippen molar-refractivity contribution in [2.75, 3.05) is 5.32 Å². The predicted octanol–water partition coefficient (Wildman–Crippen LogP) is 2.04. The molecule has 4 heteroatoms. The molecule has 15 heavy (non-hydrogen) atoms. The molecule has 0 atom stereocenters. The standard InChI is InChI=1S/C11H10N2O2/c12-11(15)13-8-5-1-3-7-4-2-6-9(14)10(7)8/h1-6,14H,(H3,12,13,15). The number of aromatic hydroxyl groups is 1. The minimum atomic E-state index is -0.647. The van der Waals surface area contributed by atoms with Gasteiger partial charge >= 0.3 is 6.03 Å². The molecular weight excluding hydrogens is 192 g/mol. The van der Waals surface area contributed by atoms with E-state index >= 15 is 0 Å². The number of benzene rings is 2. The second kappa shape index (κ2) is 3.49. The molecule has 0 saturated carbocycles. The summed E-state index contributed by atoms with van der Waals surface area (Å²) in [6.45, 7) is 0. The van der Waals surface area contributed by atoms with Crippen molar-refractivity contribution in [2.45, 2.75) is 0 Å². The van der Waals surface area contributed by atoms with Gasteiger partial charge in [0, 0.05) is 5.39 Å². The first-order valence-electron chi connectivity index (χ1n) is 4.45. The van der Waals surface area contributed by atoms with Crippen molar-refractivity contribution in [2.24, 2.45) is 5.73 Å². The number of nitrogens with two attached hydrogens (primary N) is 1. The largest absolute Gasteiger partial charge is 0.507 e. The fourth-order valence-corrected chi connectivity index (χ4v) is 1.56. The monoisotopic (exact) mass is 202 g/mol. The zero-order valence-corrected chi connectivity index (χ0v) is 7.90. The molecule has 2 aromatic carbocycles. The number of nitrogens with one attached hydrogen (secondary N) is 1. The molecule has 0 aliphatic carbocycles. The van der Waals surface area contributed by atoms with Gasteiger partial charge in [-0.1, -0.05) is 24.3 Å². The Balaban J connectivity index is 2.68. The van der Waals surface area contributed by atoms with Crippen LogP contribution in [0.3, 0.4) is 0 Å². The summed E-state index contributed by atoms with van der Waals surface area (Å²) in [5, 5.41) is 13.6. The van der Waals surface area contributed by atoms with Crippen LogP contribution in [0.15, 0.2) is 36.4 Å². The highest BCUT2D eigenvalue weighted by Crippen LogP contribution is 2.31. The lowest BCUT2D eigenvalue weighted by atomic mass is 10.1. The number of phenolic OH excluding ortho intramolecular Hbond substituents is 1. The SMILES string of the molecule is NC(=O)Nc1cccc2cccc(O)c12. The summed E-state index contributed by atoms with van der Waals surface area (Å²) in [4.78, 5) is 10.8. The number of amides is 2. The molecule has 2 rings (SSSR count). The minimum Gasteiger partial charge on any atom is -0.507 e. The summed E-state index contributed by atoms with van der Waals surface area (Å²) < 4.78 is 0. The van der Waals surface area contributed by atoms with Gasteiger partial charge < -0.3 is 16.2 Å². The molecule has 0 fully saturated rings. The van der Waals surface area contributed by atoms with Gasteiger partial charge in [-0.15, -0.1) is 0 Å². The number of rotatable bonds is 1. The third kappa shape index (κ3) is 1.69. The Labute approximate surface area is 86.3 Å². The fourth-order valence-electron chi connectivity index (χ4n) is 1.56. The summed E-state index contributed by atoms with van der Waals surface area (Å²) in [5.74, 6) is 0.122. The van der Waals surface area contributed by atoms with Crippen LogP contribution >= 0.6 is 0 Å². The third-order valence-corrected chi connectivity index (χ3v) is 2.14. The van der Waals surface area contributed by atoms with E-state index in [0.29, 0.717) is 11.1 Å². The summed E-state index contributed by atoms with van der Waals surface area (Å²) in [7, 11) is 0. The van der Waals surface area contributed by atoms with Crippen LogP contribution in [0.5, 0.6) is 5.75 Å². The molecule has 4 nitrogen and oxygen atoms in total. The van der Waals surface area contributed by atoms with E-state index in [1.54, 1.807) is 24.3 Å². The van der Waals surface area contributed by atoms with E-state index in [0.717, 1.165) is 5.39 Å². The molecule has 76 valence electrons. The first-order valence-corrected chi connectivity index (χ1v) is 4.45. The van der Waals surface area contributed by atoms with Crippen LogP contribution in [-0.4, -0.2) is 11.1 Å². The molecular formula is C11H10N2O2. The number of carbonyl (C=O) groups excluding carboxylic acids is 1. The Morgan fingerprint density at radius 3 is 2.53 bits per heavy atom. The Kier molecular flexibility index (Phi) is 2.17. The maximum Gasteiger partial charge on any atom is 0.316 e. The van der Waals surface area contributed by atoms with Crippen molar-refractivity contribution in [1.82, 2.24) is 0 Å². The van der Waals surface area contributed by atoms with E-state index in [1.807, 2.05) is 12.1 Å². The number of fused-ring (bicyclic) bond motifs is 1. The van der Waals surface area contributed by atoms with E-state index in [2.05, 4.69) is 5.32 Å². The Morgan fingerprint density at radius 2 is 1.87 bits per heavy atom. The van der Waals surface area contributed by atoms with Gasteiger partial charge in [0.1, 0.15) is 5.75 Å². The van der Waals surface area contributed by atoms with E-state index in [-0.39, 0.29) is 5.75 Å². The zero-order chi connectivity index (χ0) is 10.8. The molecule has 0 spiro atoms. The second-order valence-electron chi connectivity index (χ2n) is 3.17. The van der Waals surface area contributed by atoms with E-state index < -0.39 is 6.03 Å². The fraction of sp³-hybridized carbons (Fsp3) is 0. The summed E-state index contributed by atoms with van der Waals surface area (Å²) in [5.41, 5.74) is 5.55. The number of hydrogen-bond donors (Lipinski definition) is 3. The average molecular weight is 202 g/mol. The van der Waals surface area contributed by atoms with Gasteiger partial charge in [-0.25, -0.2) is 4.79 Å².